The van der Waals surface area contributed by atoms with Gasteiger partial charge in [-0.25, -0.2) is 0 Å². The number of unbranched alkanes of at least 4 members (excludes halogenated alkanes) is 2. The average Bonchev–Trinajstić information content (AvgIpc) is 2.38. The highest BCUT2D eigenvalue weighted by atomic mass is 16.5. The largest absolute Gasteiger partial charge is 0.491 e. The molecule has 3 heteroatoms. The molecular weight excluding hydrogens is 214 g/mol. The summed E-state index contributed by atoms with van der Waals surface area (Å²) in [4.78, 5) is 0. The number of hydrogen-bond donors (Lipinski definition) is 1. The molecule has 1 aromatic carbocycles. The van der Waals surface area contributed by atoms with Gasteiger partial charge in [-0.15, -0.1) is 0 Å². The van der Waals surface area contributed by atoms with Gasteiger partial charge in [0.2, 0.25) is 0 Å². The van der Waals surface area contributed by atoms with Gasteiger partial charge in [0, 0.05) is 13.2 Å². The van der Waals surface area contributed by atoms with E-state index in [-0.39, 0.29) is 0 Å². The predicted octanol–water partition coefficient (Wildman–Crippen LogP) is 2.73. The van der Waals surface area contributed by atoms with Gasteiger partial charge in [-0.2, -0.15) is 0 Å². The Bertz CT molecular complexity index is 302. The van der Waals surface area contributed by atoms with Crippen LogP contribution in [0.1, 0.15) is 31.7 Å². The summed E-state index contributed by atoms with van der Waals surface area (Å²) < 4.78 is 11.0. The summed E-state index contributed by atoms with van der Waals surface area (Å²) >= 11 is 0. The van der Waals surface area contributed by atoms with Crippen molar-refractivity contribution in [3.63, 3.8) is 0 Å². The van der Waals surface area contributed by atoms with Gasteiger partial charge in [0.25, 0.3) is 0 Å². The summed E-state index contributed by atoms with van der Waals surface area (Å²) in [5.41, 5.74) is 6.65. The second-order valence-corrected chi connectivity index (χ2v) is 4.02. The van der Waals surface area contributed by atoms with Crippen LogP contribution in [0.25, 0.3) is 0 Å². The summed E-state index contributed by atoms with van der Waals surface area (Å²) in [6.07, 6.45) is 3.60. The smallest absolute Gasteiger partial charge is 0.119 e. The van der Waals surface area contributed by atoms with E-state index in [0.29, 0.717) is 19.8 Å². The van der Waals surface area contributed by atoms with Gasteiger partial charge in [0.15, 0.2) is 0 Å². The van der Waals surface area contributed by atoms with E-state index < -0.39 is 0 Å². The monoisotopic (exact) mass is 237 g/mol. The van der Waals surface area contributed by atoms with E-state index in [1.807, 2.05) is 24.3 Å². The summed E-state index contributed by atoms with van der Waals surface area (Å²) in [6, 6.07) is 7.86. The molecule has 2 N–H and O–H groups in total. The Morgan fingerprint density at radius 3 is 2.76 bits per heavy atom. The predicted molar refractivity (Wildman–Crippen MR) is 70.2 cm³/mol. The third-order valence-corrected chi connectivity index (χ3v) is 2.52. The van der Waals surface area contributed by atoms with Crippen molar-refractivity contribution in [2.24, 2.45) is 5.73 Å². The highest BCUT2D eigenvalue weighted by Crippen LogP contribution is 2.12. The van der Waals surface area contributed by atoms with Crippen molar-refractivity contribution < 1.29 is 9.47 Å². The molecule has 0 atom stereocenters. The van der Waals surface area contributed by atoms with Crippen molar-refractivity contribution in [1.29, 1.82) is 0 Å². The zero-order chi connectivity index (χ0) is 12.3. The molecule has 0 heterocycles. The van der Waals surface area contributed by atoms with Gasteiger partial charge < -0.3 is 15.2 Å². The summed E-state index contributed by atoms with van der Waals surface area (Å²) in [7, 11) is 0. The fourth-order valence-corrected chi connectivity index (χ4v) is 1.54. The highest BCUT2D eigenvalue weighted by molar-refractivity contribution is 5.28. The van der Waals surface area contributed by atoms with Gasteiger partial charge in [0.05, 0.1) is 6.61 Å². The first-order chi connectivity index (χ1) is 8.36. The Labute approximate surface area is 104 Å². The molecule has 0 bridgehead atoms. The lowest BCUT2D eigenvalue weighted by molar-refractivity contribution is 0.0973. The maximum Gasteiger partial charge on any atom is 0.119 e. The molecule has 3 nitrogen and oxygen atoms in total. The molecule has 0 aliphatic carbocycles. The van der Waals surface area contributed by atoms with Gasteiger partial charge >= 0.3 is 0 Å². The van der Waals surface area contributed by atoms with Gasteiger partial charge in [-0.3, -0.25) is 0 Å². The molecule has 0 aliphatic rings. The van der Waals surface area contributed by atoms with Gasteiger partial charge in [-0.05, 0) is 24.1 Å². The standard InChI is InChI=1S/C14H23NO2/c1-2-3-4-8-16-9-10-17-14-7-5-6-13(11-14)12-15/h5-7,11H,2-4,8-10,12,15H2,1H3. The molecule has 1 rings (SSSR count). The molecular formula is C14H23NO2. The quantitative estimate of drug-likeness (QED) is 0.672. The van der Waals surface area contributed by atoms with Crippen LogP contribution in [0.5, 0.6) is 5.75 Å². The van der Waals surface area contributed by atoms with Gasteiger partial charge in [-0.1, -0.05) is 31.9 Å². The topological polar surface area (TPSA) is 44.5 Å². The molecule has 0 fully saturated rings. The first-order valence-electron chi connectivity index (χ1n) is 6.36. The lowest BCUT2D eigenvalue weighted by atomic mass is 10.2. The molecule has 96 valence electrons. The van der Waals surface area contributed by atoms with Crippen molar-refractivity contribution in [3.05, 3.63) is 29.8 Å². The Morgan fingerprint density at radius 1 is 1.12 bits per heavy atom. The molecule has 0 aromatic heterocycles. The SMILES string of the molecule is CCCCCOCCOc1cccc(CN)c1. The van der Waals surface area contributed by atoms with Crippen LogP contribution in [-0.4, -0.2) is 19.8 Å². The van der Waals surface area contributed by atoms with Crippen molar-refractivity contribution >= 4 is 0 Å². The van der Waals surface area contributed by atoms with Crippen LogP contribution in [0.3, 0.4) is 0 Å². The van der Waals surface area contributed by atoms with Crippen molar-refractivity contribution in [1.82, 2.24) is 0 Å². The summed E-state index contributed by atoms with van der Waals surface area (Å²) in [5, 5.41) is 0. The number of nitrogens with two attached hydrogens (primary N) is 1. The highest BCUT2D eigenvalue weighted by Gasteiger charge is 1.95. The lowest BCUT2D eigenvalue weighted by Gasteiger charge is -2.08. The maximum absolute atomic E-state index is 5.57. The second kappa shape index (κ2) is 9.02. The minimum atomic E-state index is 0.546. The Hall–Kier alpha value is -1.06. The summed E-state index contributed by atoms with van der Waals surface area (Å²) in [5.74, 6) is 0.866. The molecule has 0 spiro atoms. The van der Waals surface area contributed by atoms with Crippen LogP contribution in [-0.2, 0) is 11.3 Å². The minimum absolute atomic E-state index is 0.546. The molecule has 0 amide bonds. The molecule has 1 aromatic rings. The Morgan fingerprint density at radius 2 is 2.00 bits per heavy atom. The van der Waals surface area contributed by atoms with E-state index >= 15 is 0 Å². The average molecular weight is 237 g/mol. The van der Waals surface area contributed by atoms with Crippen LogP contribution >= 0.6 is 0 Å². The van der Waals surface area contributed by atoms with Crippen molar-refractivity contribution in [3.8, 4) is 5.75 Å². The first kappa shape index (κ1) is 14.0. The van der Waals surface area contributed by atoms with E-state index in [0.717, 1.165) is 24.3 Å². The number of hydrogen-bond acceptors (Lipinski definition) is 3. The van der Waals surface area contributed by atoms with Crippen molar-refractivity contribution in [2.45, 2.75) is 32.7 Å². The van der Waals surface area contributed by atoms with E-state index in [2.05, 4.69) is 6.92 Å². The van der Waals surface area contributed by atoms with E-state index in [4.69, 9.17) is 15.2 Å². The maximum atomic E-state index is 5.57. The van der Waals surface area contributed by atoms with Crippen LogP contribution in [0.4, 0.5) is 0 Å². The molecule has 0 radical (unpaired) electrons. The number of benzene rings is 1. The number of ether oxygens (including phenoxy) is 2. The van der Waals surface area contributed by atoms with E-state index in [9.17, 15) is 0 Å². The lowest BCUT2D eigenvalue weighted by Crippen LogP contribution is -2.07. The normalized spacial score (nSPS) is 10.5. The zero-order valence-corrected chi connectivity index (χ0v) is 10.7. The fraction of sp³-hybridized carbons (Fsp3) is 0.571. The van der Waals surface area contributed by atoms with E-state index in [1.54, 1.807) is 0 Å². The molecule has 0 saturated carbocycles. The third-order valence-electron chi connectivity index (χ3n) is 2.52. The molecule has 17 heavy (non-hydrogen) atoms. The fourth-order valence-electron chi connectivity index (χ4n) is 1.54. The van der Waals surface area contributed by atoms with Crippen molar-refractivity contribution in [2.75, 3.05) is 19.8 Å². The second-order valence-electron chi connectivity index (χ2n) is 4.02. The minimum Gasteiger partial charge on any atom is -0.491 e. The zero-order valence-electron chi connectivity index (χ0n) is 10.7. The van der Waals surface area contributed by atoms with Crippen LogP contribution in [0.2, 0.25) is 0 Å². The molecule has 0 aliphatic heterocycles. The Kier molecular flexibility index (Phi) is 7.43. The molecule has 0 unspecified atom stereocenters. The number of rotatable bonds is 9. The van der Waals surface area contributed by atoms with Gasteiger partial charge in [0.1, 0.15) is 12.4 Å². The third kappa shape index (κ3) is 6.29. The Balaban J connectivity index is 2.09. The first-order valence-corrected chi connectivity index (χ1v) is 6.36. The summed E-state index contributed by atoms with van der Waals surface area (Å²) in [6.45, 7) is 4.81. The van der Waals surface area contributed by atoms with Crippen LogP contribution in [0.15, 0.2) is 24.3 Å². The van der Waals surface area contributed by atoms with E-state index in [1.165, 1.54) is 12.8 Å². The van der Waals surface area contributed by atoms with Crippen LogP contribution in [0, 0.1) is 0 Å². The molecule has 0 saturated heterocycles. The van der Waals surface area contributed by atoms with Crippen LogP contribution < -0.4 is 10.5 Å².